The van der Waals surface area contributed by atoms with Crippen molar-refractivity contribution in [2.45, 2.75) is 57.7 Å². The van der Waals surface area contributed by atoms with Crippen molar-refractivity contribution in [3.63, 3.8) is 0 Å². The highest BCUT2D eigenvalue weighted by Gasteiger charge is 2.35. The molecule has 0 aromatic heterocycles. The SMILES string of the molecule is CC1CCC(C)N(C2CC(N)C2)C1. The summed E-state index contributed by atoms with van der Waals surface area (Å²) in [4.78, 5) is 2.69. The van der Waals surface area contributed by atoms with Crippen LogP contribution in [0.1, 0.15) is 39.5 Å². The van der Waals surface area contributed by atoms with Crippen LogP contribution in [0.15, 0.2) is 0 Å². The molecule has 13 heavy (non-hydrogen) atoms. The summed E-state index contributed by atoms with van der Waals surface area (Å²) in [5, 5.41) is 0. The van der Waals surface area contributed by atoms with Crippen LogP contribution in [-0.4, -0.2) is 29.6 Å². The summed E-state index contributed by atoms with van der Waals surface area (Å²) in [6, 6.07) is 2.11. The van der Waals surface area contributed by atoms with E-state index in [1.54, 1.807) is 0 Å². The van der Waals surface area contributed by atoms with Crippen LogP contribution < -0.4 is 5.73 Å². The molecule has 2 fully saturated rings. The number of nitrogens with two attached hydrogens (primary N) is 1. The molecule has 1 aliphatic carbocycles. The lowest BCUT2D eigenvalue weighted by atomic mass is 9.82. The van der Waals surface area contributed by atoms with E-state index in [0.717, 1.165) is 18.0 Å². The van der Waals surface area contributed by atoms with Gasteiger partial charge in [-0.25, -0.2) is 0 Å². The van der Waals surface area contributed by atoms with E-state index in [2.05, 4.69) is 18.7 Å². The fourth-order valence-corrected chi connectivity index (χ4v) is 2.73. The number of hydrogen-bond donors (Lipinski definition) is 1. The third-order valence-electron chi connectivity index (χ3n) is 3.78. The van der Waals surface area contributed by atoms with Crippen LogP contribution in [0.25, 0.3) is 0 Å². The molecule has 0 bridgehead atoms. The Labute approximate surface area is 81.5 Å². The molecule has 2 unspecified atom stereocenters. The van der Waals surface area contributed by atoms with Gasteiger partial charge in [0.05, 0.1) is 0 Å². The van der Waals surface area contributed by atoms with Crippen molar-refractivity contribution in [3.8, 4) is 0 Å². The molecule has 2 atom stereocenters. The van der Waals surface area contributed by atoms with Crippen LogP contribution in [0.5, 0.6) is 0 Å². The first-order valence-electron chi connectivity index (χ1n) is 5.68. The molecule has 0 amide bonds. The summed E-state index contributed by atoms with van der Waals surface area (Å²) in [6.07, 6.45) is 5.26. The van der Waals surface area contributed by atoms with Crippen LogP contribution in [0.4, 0.5) is 0 Å². The summed E-state index contributed by atoms with van der Waals surface area (Å²) < 4.78 is 0. The Kier molecular flexibility index (Phi) is 2.61. The van der Waals surface area contributed by atoms with Crippen molar-refractivity contribution >= 4 is 0 Å². The summed E-state index contributed by atoms with van der Waals surface area (Å²) in [6.45, 7) is 6.05. The molecule has 1 saturated carbocycles. The highest BCUT2D eigenvalue weighted by molar-refractivity contribution is 4.93. The molecule has 1 aliphatic heterocycles. The van der Waals surface area contributed by atoms with Gasteiger partial charge < -0.3 is 5.73 Å². The van der Waals surface area contributed by atoms with E-state index in [-0.39, 0.29) is 0 Å². The van der Waals surface area contributed by atoms with Gasteiger partial charge in [-0.3, -0.25) is 4.90 Å². The van der Waals surface area contributed by atoms with Crippen molar-refractivity contribution in [1.82, 2.24) is 4.90 Å². The fourth-order valence-electron chi connectivity index (χ4n) is 2.73. The van der Waals surface area contributed by atoms with Gasteiger partial charge in [0.25, 0.3) is 0 Å². The molecule has 0 spiro atoms. The van der Waals surface area contributed by atoms with Gasteiger partial charge in [-0.2, -0.15) is 0 Å². The van der Waals surface area contributed by atoms with E-state index in [0.29, 0.717) is 6.04 Å². The standard InChI is InChI=1S/C11H22N2/c1-8-3-4-9(2)13(7-8)11-5-10(12)6-11/h8-11H,3-7,12H2,1-2H3. The zero-order chi connectivity index (χ0) is 9.42. The molecule has 1 saturated heterocycles. The molecule has 1 heterocycles. The minimum Gasteiger partial charge on any atom is -0.328 e. The van der Waals surface area contributed by atoms with Gasteiger partial charge in [-0.05, 0) is 38.5 Å². The first kappa shape index (κ1) is 9.47. The van der Waals surface area contributed by atoms with Crippen LogP contribution in [0.2, 0.25) is 0 Å². The van der Waals surface area contributed by atoms with E-state index in [1.807, 2.05) is 0 Å². The summed E-state index contributed by atoms with van der Waals surface area (Å²) in [5.74, 6) is 0.896. The molecule has 2 nitrogen and oxygen atoms in total. The zero-order valence-electron chi connectivity index (χ0n) is 8.87. The second-order valence-electron chi connectivity index (χ2n) is 5.11. The number of rotatable bonds is 1. The van der Waals surface area contributed by atoms with Crippen molar-refractivity contribution in [3.05, 3.63) is 0 Å². The van der Waals surface area contributed by atoms with Crippen molar-refractivity contribution < 1.29 is 0 Å². The maximum Gasteiger partial charge on any atom is 0.0128 e. The molecule has 2 heteroatoms. The Morgan fingerprint density at radius 1 is 1.15 bits per heavy atom. The minimum absolute atomic E-state index is 0.495. The number of piperidine rings is 1. The topological polar surface area (TPSA) is 29.3 Å². The summed E-state index contributed by atoms with van der Waals surface area (Å²) >= 11 is 0. The van der Waals surface area contributed by atoms with Gasteiger partial charge in [0.15, 0.2) is 0 Å². The molecule has 2 aliphatic rings. The Balaban J connectivity index is 1.89. The van der Waals surface area contributed by atoms with E-state index < -0.39 is 0 Å². The van der Waals surface area contributed by atoms with E-state index >= 15 is 0 Å². The van der Waals surface area contributed by atoms with Crippen molar-refractivity contribution in [2.75, 3.05) is 6.54 Å². The molecular formula is C11H22N2. The van der Waals surface area contributed by atoms with Gasteiger partial charge in [0, 0.05) is 24.7 Å². The van der Waals surface area contributed by atoms with Gasteiger partial charge in [-0.1, -0.05) is 6.92 Å². The van der Waals surface area contributed by atoms with Gasteiger partial charge in [0.2, 0.25) is 0 Å². The summed E-state index contributed by atoms with van der Waals surface area (Å²) in [5.41, 5.74) is 5.83. The molecule has 2 N–H and O–H groups in total. The minimum atomic E-state index is 0.495. The third-order valence-corrected chi connectivity index (χ3v) is 3.78. The quantitative estimate of drug-likeness (QED) is 0.667. The first-order valence-corrected chi connectivity index (χ1v) is 5.68. The number of hydrogen-bond acceptors (Lipinski definition) is 2. The van der Waals surface area contributed by atoms with Crippen LogP contribution in [-0.2, 0) is 0 Å². The maximum absolute atomic E-state index is 5.83. The molecule has 0 aromatic rings. The first-order chi connectivity index (χ1) is 6.16. The maximum atomic E-state index is 5.83. The third kappa shape index (κ3) is 1.89. The van der Waals surface area contributed by atoms with Gasteiger partial charge in [-0.15, -0.1) is 0 Å². The predicted octanol–water partition coefficient (Wildman–Crippen LogP) is 1.60. The van der Waals surface area contributed by atoms with Crippen molar-refractivity contribution in [2.24, 2.45) is 11.7 Å². The van der Waals surface area contributed by atoms with Crippen LogP contribution in [0.3, 0.4) is 0 Å². The largest absolute Gasteiger partial charge is 0.328 e. The zero-order valence-corrected chi connectivity index (χ0v) is 8.87. The van der Waals surface area contributed by atoms with Crippen LogP contribution in [0, 0.1) is 5.92 Å². The average Bonchev–Trinajstić information content (AvgIpc) is 2.04. The van der Waals surface area contributed by atoms with Crippen molar-refractivity contribution in [1.29, 1.82) is 0 Å². The highest BCUT2D eigenvalue weighted by Crippen LogP contribution is 2.31. The lowest BCUT2D eigenvalue weighted by Gasteiger charge is -2.48. The predicted molar refractivity (Wildman–Crippen MR) is 55.6 cm³/mol. The van der Waals surface area contributed by atoms with E-state index in [4.69, 9.17) is 5.73 Å². The number of nitrogens with zero attached hydrogens (tertiary/aromatic N) is 1. The molecular weight excluding hydrogens is 160 g/mol. The Hall–Kier alpha value is -0.0800. The Morgan fingerprint density at radius 3 is 2.46 bits per heavy atom. The lowest BCUT2D eigenvalue weighted by Crippen LogP contribution is -2.56. The molecule has 76 valence electrons. The highest BCUT2D eigenvalue weighted by atomic mass is 15.2. The Bertz CT molecular complexity index is 175. The smallest absolute Gasteiger partial charge is 0.0128 e. The molecule has 2 rings (SSSR count). The normalized spacial score (nSPS) is 47.3. The summed E-state index contributed by atoms with van der Waals surface area (Å²) in [7, 11) is 0. The van der Waals surface area contributed by atoms with E-state index in [1.165, 1.54) is 32.2 Å². The Morgan fingerprint density at radius 2 is 1.85 bits per heavy atom. The average molecular weight is 182 g/mol. The van der Waals surface area contributed by atoms with Gasteiger partial charge >= 0.3 is 0 Å². The van der Waals surface area contributed by atoms with Crippen LogP contribution >= 0.6 is 0 Å². The fraction of sp³-hybridized carbons (Fsp3) is 1.00. The second-order valence-corrected chi connectivity index (χ2v) is 5.11. The monoisotopic (exact) mass is 182 g/mol. The van der Waals surface area contributed by atoms with Gasteiger partial charge in [0.1, 0.15) is 0 Å². The second kappa shape index (κ2) is 3.58. The molecule has 0 aromatic carbocycles. The lowest BCUT2D eigenvalue weighted by molar-refractivity contribution is 0.0299. The van der Waals surface area contributed by atoms with E-state index in [9.17, 15) is 0 Å². The molecule has 0 radical (unpaired) electrons. The number of likely N-dealkylation sites (tertiary alicyclic amines) is 1.